The van der Waals surface area contributed by atoms with Gasteiger partial charge in [0.05, 0.1) is 0 Å². The Labute approximate surface area is 128 Å². The molecule has 2 nitrogen and oxygen atoms in total. The van der Waals surface area contributed by atoms with Gasteiger partial charge in [-0.2, -0.15) is 0 Å². The zero-order valence-electron chi connectivity index (χ0n) is 11.6. The molecule has 1 aliphatic rings. The molecule has 2 atom stereocenters. The zero-order valence-corrected chi connectivity index (χ0v) is 13.2. The van der Waals surface area contributed by atoms with Gasteiger partial charge in [-0.25, -0.2) is 0 Å². The fourth-order valence-electron chi connectivity index (χ4n) is 3.16. The Morgan fingerprint density at radius 2 is 2.10 bits per heavy atom. The van der Waals surface area contributed by atoms with E-state index < -0.39 is 0 Å². The Kier molecular flexibility index (Phi) is 3.65. The molecule has 0 spiro atoms. The summed E-state index contributed by atoms with van der Waals surface area (Å²) in [6.07, 6.45) is 4.80. The van der Waals surface area contributed by atoms with E-state index in [1.165, 1.54) is 11.1 Å². The van der Waals surface area contributed by atoms with Crippen LogP contribution in [0.1, 0.15) is 42.5 Å². The van der Waals surface area contributed by atoms with Crippen molar-refractivity contribution in [1.29, 1.82) is 0 Å². The van der Waals surface area contributed by atoms with Gasteiger partial charge in [0, 0.05) is 28.3 Å². The second-order valence-electron chi connectivity index (χ2n) is 5.83. The molecule has 0 saturated carbocycles. The third kappa shape index (κ3) is 2.52. The van der Waals surface area contributed by atoms with Crippen molar-refractivity contribution in [3.63, 3.8) is 0 Å². The molecule has 0 bridgehead atoms. The smallest absolute Gasteiger partial charge is 0.0468 e. The average Bonchev–Trinajstić information content (AvgIpc) is 2.46. The Morgan fingerprint density at radius 3 is 2.85 bits per heavy atom. The Morgan fingerprint density at radius 1 is 1.30 bits per heavy atom. The van der Waals surface area contributed by atoms with Crippen molar-refractivity contribution in [2.24, 2.45) is 5.73 Å². The molecule has 3 heteroatoms. The molecule has 0 aliphatic heterocycles. The van der Waals surface area contributed by atoms with Crippen molar-refractivity contribution in [2.45, 2.75) is 37.6 Å². The first-order chi connectivity index (χ1) is 9.58. The Hall–Kier alpha value is -1.19. The molecule has 0 saturated heterocycles. The topological polar surface area (TPSA) is 38.9 Å². The molecule has 2 N–H and O–H groups in total. The third-order valence-electron chi connectivity index (χ3n) is 4.34. The summed E-state index contributed by atoms with van der Waals surface area (Å²) in [5.41, 5.74) is 10.2. The first-order valence-electron chi connectivity index (χ1n) is 7.07. The highest BCUT2D eigenvalue weighted by Gasteiger charge is 2.35. The van der Waals surface area contributed by atoms with Crippen LogP contribution in [-0.4, -0.2) is 4.98 Å². The highest BCUT2D eigenvalue weighted by Crippen LogP contribution is 2.41. The Bertz CT molecular complexity index is 609. The second kappa shape index (κ2) is 5.30. The number of hydrogen-bond acceptors (Lipinski definition) is 2. The summed E-state index contributed by atoms with van der Waals surface area (Å²) in [5.74, 6) is 0.598. The second-order valence-corrected chi connectivity index (χ2v) is 6.74. The van der Waals surface area contributed by atoms with E-state index in [-0.39, 0.29) is 5.54 Å². The lowest BCUT2D eigenvalue weighted by Crippen LogP contribution is -2.42. The fourth-order valence-corrected chi connectivity index (χ4v) is 3.40. The molecule has 2 aromatic rings. The van der Waals surface area contributed by atoms with E-state index in [0.29, 0.717) is 5.92 Å². The van der Waals surface area contributed by atoms with Gasteiger partial charge in [-0.15, -0.1) is 0 Å². The largest absolute Gasteiger partial charge is 0.321 e. The quantitative estimate of drug-likeness (QED) is 0.898. The van der Waals surface area contributed by atoms with Crippen molar-refractivity contribution < 1.29 is 0 Å². The van der Waals surface area contributed by atoms with E-state index in [1.54, 1.807) is 0 Å². The highest BCUT2D eigenvalue weighted by molar-refractivity contribution is 9.10. The van der Waals surface area contributed by atoms with Crippen LogP contribution in [0.15, 0.2) is 47.1 Å². The van der Waals surface area contributed by atoms with Crippen LogP contribution in [0.5, 0.6) is 0 Å². The molecular weight excluding hydrogens is 312 g/mol. The average molecular weight is 331 g/mol. The van der Waals surface area contributed by atoms with Crippen LogP contribution in [0, 0.1) is 0 Å². The van der Waals surface area contributed by atoms with Crippen molar-refractivity contribution in [3.8, 4) is 0 Å². The number of fused-ring (bicyclic) bond motifs is 1. The van der Waals surface area contributed by atoms with Crippen molar-refractivity contribution in [3.05, 3.63) is 63.9 Å². The summed E-state index contributed by atoms with van der Waals surface area (Å²) in [5, 5.41) is 0. The van der Waals surface area contributed by atoms with Gasteiger partial charge in [0.15, 0.2) is 0 Å². The zero-order chi connectivity index (χ0) is 14.2. The van der Waals surface area contributed by atoms with Gasteiger partial charge in [-0.1, -0.05) is 31.2 Å². The molecule has 0 radical (unpaired) electrons. The molecule has 1 aromatic heterocycles. The predicted octanol–water partition coefficient (Wildman–Crippen LogP) is 4.14. The van der Waals surface area contributed by atoms with Gasteiger partial charge < -0.3 is 5.73 Å². The standard InChI is InChI=1S/C17H19BrN2/c1-12-8-9-17(19,16-5-3-2-4-15(12)16)10-14-7-6-13(18)11-20-14/h2-7,11-12H,8-10,19H2,1H3. The van der Waals surface area contributed by atoms with E-state index >= 15 is 0 Å². The fraction of sp³-hybridized carbons (Fsp3) is 0.353. The SMILES string of the molecule is CC1CCC(N)(Cc2ccc(Br)cn2)c2ccccc21. The lowest BCUT2D eigenvalue weighted by atomic mass is 9.71. The minimum absolute atomic E-state index is 0.288. The van der Waals surface area contributed by atoms with Gasteiger partial charge >= 0.3 is 0 Å². The lowest BCUT2D eigenvalue weighted by molar-refractivity contribution is 0.346. The van der Waals surface area contributed by atoms with Crippen LogP contribution in [0.3, 0.4) is 0 Å². The van der Waals surface area contributed by atoms with Crippen molar-refractivity contribution in [1.82, 2.24) is 4.98 Å². The van der Waals surface area contributed by atoms with Gasteiger partial charge in [-0.3, -0.25) is 4.98 Å². The number of aromatic nitrogens is 1. The number of nitrogens with zero attached hydrogens (tertiary/aromatic N) is 1. The summed E-state index contributed by atoms with van der Waals surface area (Å²) in [7, 11) is 0. The van der Waals surface area contributed by atoms with Crippen molar-refractivity contribution in [2.75, 3.05) is 0 Å². The number of pyridine rings is 1. The maximum atomic E-state index is 6.75. The maximum Gasteiger partial charge on any atom is 0.0468 e. The summed E-state index contributed by atoms with van der Waals surface area (Å²) in [6, 6.07) is 12.7. The molecule has 1 aliphatic carbocycles. The monoisotopic (exact) mass is 330 g/mol. The summed E-state index contributed by atoms with van der Waals surface area (Å²) in [4.78, 5) is 4.48. The number of benzene rings is 1. The molecule has 2 unspecified atom stereocenters. The number of halogens is 1. The Balaban J connectivity index is 1.96. The van der Waals surface area contributed by atoms with E-state index in [1.807, 2.05) is 12.3 Å². The molecule has 20 heavy (non-hydrogen) atoms. The molecular formula is C17H19BrN2. The van der Waals surface area contributed by atoms with Crippen LogP contribution >= 0.6 is 15.9 Å². The summed E-state index contributed by atoms with van der Waals surface area (Å²) in [6.45, 7) is 2.29. The normalized spacial score (nSPS) is 25.2. The number of nitrogens with two attached hydrogens (primary N) is 1. The minimum Gasteiger partial charge on any atom is -0.321 e. The van der Waals surface area contributed by atoms with Crippen molar-refractivity contribution >= 4 is 15.9 Å². The number of hydrogen-bond donors (Lipinski definition) is 1. The predicted molar refractivity (Wildman–Crippen MR) is 85.6 cm³/mol. The first kappa shape index (κ1) is 13.8. The summed E-state index contributed by atoms with van der Waals surface area (Å²) >= 11 is 3.42. The molecule has 1 heterocycles. The molecule has 3 rings (SSSR count). The van der Waals surface area contributed by atoms with Crippen LogP contribution in [0.25, 0.3) is 0 Å². The van der Waals surface area contributed by atoms with E-state index in [2.05, 4.69) is 58.2 Å². The molecule has 104 valence electrons. The van der Waals surface area contributed by atoms with Gasteiger partial charge in [0.1, 0.15) is 0 Å². The summed E-state index contributed by atoms with van der Waals surface area (Å²) < 4.78 is 1.00. The van der Waals surface area contributed by atoms with E-state index in [0.717, 1.165) is 29.4 Å². The first-order valence-corrected chi connectivity index (χ1v) is 7.86. The highest BCUT2D eigenvalue weighted by atomic mass is 79.9. The molecule has 0 fully saturated rings. The van der Waals surface area contributed by atoms with Crippen LogP contribution in [0.2, 0.25) is 0 Å². The molecule has 1 aromatic carbocycles. The maximum absolute atomic E-state index is 6.75. The van der Waals surface area contributed by atoms with Crippen LogP contribution < -0.4 is 5.73 Å². The van der Waals surface area contributed by atoms with Crippen LogP contribution in [-0.2, 0) is 12.0 Å². The minimum atomic E-state index is -0.288. The number of rotatable bonds is 2. The van der Waals surface area contributed by atoms with Crippen LogP contribution in [0.4, 0.5) is 0 Å². The van der Waals surface area contributed by atoms with Gasteiger partial charge in [0.25, 0.3) is 0 Å². The third-order valence-corrected chi connectivity index (χ3v) is 4.81. The lowest BCUT2D eigenvalue weighted by Gasteiger charge is -2.38. The van der Waals surface area contributed by atoms with E-state index in [4.69, 9.17) is 5.73 Å². The van der Waals surface area contributed by atoms with Gasteiger partial charge in [0.2, 0.25) is 0 Å². The molecule has 0 amide bonds. The van der Waals surface area contributed by atoms with E-state index in [9.17, 15) is 0 Å². The van der Waals surface area contributed by atoms with Gasteiger partial charge in [-0.05, 0) is 57.9 Å².